The number of esters is 1. The minimum absolute atomic E-state index is 0.0304. The molecule has 0 aromatic carbocycles. The molecule has 0 heterocycles. The predicted molar refractivity (Wildman–Crippen MR) is 52.3 cm³/mol. The van der Waals surface area contributed by atoms with Crippen LogP contribution in [0.2, 0.25) is 0 Å². The second-order valence-electron chi connectivity index (χ2n) is 4.86. The summed E-state index contributed by atoms with van der Waals surface area (Å²) in [4.78, 5) is 11.6. The molecule has 1 saturated carbocycles. The molecule has 1 rings (SSSR count). The fourth-order valence-electron chi connectivity index (χ4n) is 2.65. The van der Waals surface area contributed by atoms with Gasteiger partial charge in [0.25, 0.3) is 0 Å². The van der Waals surface area contributed by atoms with Gasteiger partial charge in [0.2, 0.25) is 0 Å². The largest absolute Gasteiger partial charge is 0.469 e. The third-order valence-corrected chi connectivity index (χ3v) is 3.35. The Kier molecular flexibility index (Phi) is 2.99. The van der Waals surface area contributed by atoms with Crippen LogP contribution in [0.4, 0.5) is 0 Å². The number of hydrogen-bond donors (Lipinski definition) is 0. The Labute approximate surface area is 80.7 Å². The highest BCUT2D eigenvalue weighted by Crippen LogP contribution is 2.44. The normalized spacial score (nSPS) is 32.6. The van der Waals surface area contributed by atoms with Gasteiger partial charge in [-0.25, -0.2) is 0 Å². The monoisotopic (exact) mass is 184 g/mol. The van der Waals surface area contributed by atoms with Crippen LogP contribution in [0, 0.1) is 17.3 Å². The SMILES string of the molecule is COC(=O)[C@H]1C(C)CCCC1(C)C. The van der Waals surface area contributed by atoms with E-state index >= 15 is 0 Å². The van der Waals surface area contributed by atoms with Crippen molar-refractivity contribution in [3.63, 3.8) is 0 Å². The first-order chi connectivity index (χ1) is 5.99. The zero-order chi connectivity index (χ0) is 10.1. The van der Waals surface area contributed by atoms with Crippen molar-refractivity contribution < 1.29 is 9.53 Å². The summed E-state index contributed by atoms with van der Waals surface area (Å²) in [6.45, 7) is 6.50. The molecule has 2 atom stereocenters. The Morgan fingerprint density at radius 2 is 2.08 bits per heavy atom. The van der Waals surface area contributed by atoms with E-state index in [4.69, 9.17) is 4.74 Å². The maximum atomic E-state index is 11.6. The van der Waals surface area contributed by atoms with Crippen molar-refractivity contribution in [2.45, 2.75) is 40.0 Å². The van der Waals surface area contributed by atoms with Crippen LogP contribution in [-0.2, 0) is 9.53 Å². The zero-order valence-corrected chi connectivity index (χ0v) is 9.09. The van der Waals surface area contributed by atoms with Crippen molar-refractivity contribution in [1.29, 1.82) is 0 Å². The van der Waals surface area contributed by atoms with E-state index in [1.54, 1.807) is 0 Å². The summed E-state index contributed by atoms with van der Waals surface area (Å²) in [5.74, 6) is 0.527. The fourth-order valence-corrected chi connectivity index (χ4v) is 2.65. The van der Waals surface area contributed by atoms with Crippen LogP contribution in [0.3, 0.4) is 0 Å². The number of rotatable bonds is 1. The van der Waals surface area contributed by atoms with Gasteiger partial charge in [-0.05, 0) is 24.2 Å². The standard InChI is InChI=1S/C11H20O2/c1-8-6-5-7-11(2,3)9(8)10(12)13-4/h8-9H,5-7H2,1-4H3/t8?,9-/m1/s1. The van der Waals surface area contributed by atoms with E-state index in [-0.39, 0.29) is 17.3 Å². The molecule has 76 valence electrons. The minimum Gasteiger partial charge on any atom is -0.469 e. The van der Waals surface area contributed by atoms with E-state index in [0.717, 1.165) is 12.8 Å². The zero-order valence-electron chi connectivity index (χ0n) is 9.09. The van der Waals surface area contributed by atoms with Gasteiger partial charge in [0.15, 0.2) is 0 Å². The van der Waals surface area contributed by atoms with Crippen LogP contribution in [0.25, 0.3) is 0 Å². The lowest BCUT2D eigenvalue weighted by molar-refractivity contribution is -0.154. The van der Waals surface area contributed by atoms with Crippen LogP contribution in [-0.4, -0.2) is 13.1 Å². The molecular weight excluding hydrogens is 164 g/mol. The first kappa shape index (κ1) is 10.6. The minimum atomic E-state index is -0.0304. The average molecular weight is 184 g/mol. The second kappa shape index (κ2) is 3.69. The van der Waals surface area contributed by atoms with E-state index in [1.165, 1.54) is 13.5 Å². The van der Waals surface area contributed by atoms with Gasteiger partial charge in [-0.3, -0.25) is 4.79 Å². The lowest BCUT2D eigenvalue weighted by atomic mass is 9.64. The number of ether oxygens (including phenoxy) is 1. The highest BCUT2D eigenvalue weighted by molar-refractivity contribution is 5.73. The van der Waals surface area contributed by atoms with Crippen molar-refractivity contribution in [2.24, 2.45) is 17.3 Å². The summed E-state index contributed by atoms with van der Waals surface area (Å²) >= 11 is 0. The average Bonchev–Trinajstić information content (AvgIpc) is 2.02. The lowest BCUT2D eigenvalue weighted by Gasteiger charge is -2.40. The molecule has 0 radical (unpaired) electrons. The van der Waals surface area contributed by atoms with Crippen LogP contribution < -0.4 is 0 Å². The van der Waals surface area contributed by atoms with Gasteiger partial charge >= 0.3 is 5.97 Å². The van der Waals surface area contributed by atoms with Crippen LogP contribution in [0.1, 0.15) is 40.0 Å². The topological polar surface area (TPSA) is 26.3 Å². The van der Waals surface area contributed by atoms with E-state index in [1.807, 2.05) is 0 Å². The van der Waals surface area contributed by atoms with Gasteiger partial charge in [0.05, 0.1) is 13.0 Å². The molecule has 0 saturated heterocycles. The number of carbonyl (C=O) groups excluding carboxylic acids is 1. The molecule has 0 bridgehead atoms. The Morgan fingerprint density at radius 3 is 2.54 bits per heavy atom. The van der Waals surface area contributed by atoms with Crippen molar-refractivity contribution in [2.75, 3.05) is 7.11 Å². The molecule has 0 aromatic heterocycles. The molecule has 13 heavy (non-hydrogen) atoms. The quantitative estimate of drug-likeness (QED) is 0.585. The maximum absolute atomic E-state index is 11.6. The first-order valence-corrected chi connectivity index (χ1v) is 5.07. The Morgan fingerprint density at radius 1 is 1.46 bits per heavy atom. The number of methoxy groups -OCH3 is 1. The van der Waals surface area contributed by atoms with E-state index in [0.29, 0.717) is 5.92 Å². The van der Waals surface area contributed by atoms with Crippen LogP contribution in [0.15, 0.2) is 0 Å². The predicted octanol–water partition coefficient (Wildman–Crippen LogP) is 2.62. The molecule has 0 spiro atoms. The molecule has 1 fully saturated rings. The van der Waals surface area contributed by atoms with Crippen LogP contribution in [0.5, 0.6) is 0 Å². The Hall–Kier alpha value is -0.530. The van der Waals surface area contributed by atoms with E-state index in [9.17, 15) is 4.79 Å². The molecule has 0 N–H and O–H groups in total. The van der Waals surface area contributed by atoms with Gasteiger partial charge in [-0.15, -0.1) is 0 Å². The summed E-state index contributed by atoms with van der Waals surface area (Å²) in [5.41, 5.74) is 0.116. The first-order valence-electron chi connectivity index (χ1n) is 5.07. The fraction of sp³-hybridized carbons (Fsp3) is 0.909. The van der Waals surface area contributed by atoms with Gasteiger partial charge in [0, 0.05) is 0 Å². The summed E-state index contributed by atoms with van der Waals surface area (Å²) in [7, 11) is 1.49. The Balaban J connectivity index is 2.80. The van der Waals surface area contributed by atoms with Crippen molar-refractivity contribution >= 4 is 5.97 Å². The highest BCUT2D eigenvalue weighted by atomic mass is 16.5. The summed E-state index contributed by atoms with van der Waals surface area (Å²) in [5, 5.41) is 0. The smallest absolute Gasteiger partial charge is 0.309 e. The lowest BCUT2D eigenvalue weighted by Crippen LogP contribution is -2.39. The van der Waals surface area contributed by atoms with E-state index in [2.05, 4.69) is 20.8 Å². The molecule has 1 aliphatic carbocycles. The Bertz CT molecular complexity index is 196. The third kappa shape index (κ3) is 2.04. The van der Waals surface area contributed by atoms with Crippen LogP contribution >= 0.6 is 0 Å². The summed E-state index contributed by atoms with van der Waals surface area (Å²) in [6, 6.07) is 0. The molecule has 1 unspecified atom stereocenters. The van der Waals surface area contributed by atoms with Crippen molar-refractivity contribution in [1.82, 2.24) is 0 Å². The van der Waals surface area contributed by atoms with Gasteiger partial charge in [0.1, 0.15) is 0 Å². The van der Waals surface area contributed by atoms with Crippen molar-refractivity contribution in [3.05, 3.63) is 0 Å². The van der Waals surface area contributed by atoms with Gasteiger partial charge < -0.3 is 4.74 Å². The molecule has 2 heteroatoms. The molecule has 0 aliphatic heterocycles. The maximum Gasteiger partial charge on any atom is 0.309 e. The summed E-state index contributed by atoms with van der Waals surface area (Å²) in [6.07, 6.45) is 3.53. The molecule has 0 amide bonds. The highest BCUT2D eigenvalue weighted by Gasteiger charge is 2.42. The molecule has 2 nitrogen and oxygen atoms in total. The van der Waals surface area contributed by atoms with Crippen molar-refractivity contribution in [3.8, 4) is 0 Å². The third-order valence-electron chi connectivity index (χ3n) is 3.35. The van der Waals surface area contributed by atoms with Gasteiger partial charge in [-0.1, -0.05) is 27.2 Å². The number of hydrogen-bond acceptors (Lipinski definition) is 2. The van der Waals surface area contributed by atoms with E-state index < -0.39 is 0 Å². The molecule has 0 aromatic rings. The second-order valence-corrected chi connectivity index (χ2v) is 4.86. The van der Waals surface area contributed by atoms with Gasteiger partial charge in [-0.2, -0.15) is 0 Å². The number of carbonyl (C=O) groups is 1. The molecular formula is C11H20O2. The summed E-state index contributed by atoms with van der Waals surface area (Å²) < 4.78 is 4.86. The molecule has 1 aliphatic rings.